The van der Waals surface area contributed by atoms with Crippen molar-refractivity contribution >= 4 is 10.7 Å². The van der Waals surface area contributed by atoms with Crippen LogP contribution < -0.4 is 0 Å². The van der Waals surface area contributed by atoms with Crippen LogP contribution in [-0.4, -0.2) is 14.2 Å². The number of hydrogen-bond acceptors (Lipinski definition) is 3. The molecule has 3 nitrogen and oxygen atoms in total. The Hall–Kier alpha value is -0.560. The first-order valence-corrected chi connectivity index (χ1v) is 4.54. The molecule has 0 bridgehead atoms. The van der Waals surface area contributed by atoms with E-state index in [0.29, 0.717) is 6.42 Å². The van der Waals surface area contributed by atoms with Crippen LogP contribution in [0.1, 0.15) is 26.7 Å². The van der Waals surface area contributed by atoms with Gasteiger partial charge in [0, 0.05) is 12.2 Å². The average molecular weight is 163 g/mol. The minimum atomic E-state index is -2.10. The van der Waals surface area contributed by atoms with Gasteiger partial charge in [-0.05, 0) is 6.42 Å². The predicted molar refractivity (Wildman–Crippen MR) is 41.4 cm³/mol. The predicted octanol–water partition coefficient (Wildman–Crippen LogP) is 0.928. The van der Waals surface area contributed by atoms with Crippen LogP contribution >= 0.6 is 0 Å². The molecular weight excluding hydrogens is 150 g/mol. The third-order valence-corrected chi connectivity index (χ3v) is 1.14. The summed E-state index contributed by atoms with van der Waals surface area (Å²) in [5, 5.41) is 7.82. The Morgan fingerprint density at radius 2 is 1.80 bits per heavy atom. The average Bonchev–Trinajstić information content (AvgIpc) is 1.91. The fourth-order valence-electron chi connectivity index (χ4n) is 0.112. The molecule has 0 amide bonds. The highest BCUT2D eigenvalue weighted by molar-refractivity contribution is 7.72. The lowest BCUT2D eigenvalue weighted by atomic mass is 10.4. The summed E-state index contributed by atoms with van der Waals surface area (Å²) in [5.74, 6) is 0.259. The molecule has 0 radical (unpaired) electrons. The zero-order valence-corrected chi connectivity index (χ0v) is 7.23. The van der Waals surface area contributed by atoms with Gasteiger partial charge in [0.25, 0.3) is 0 Å². The first-order chi connectivity index (χ1) is 4.68. The molecule has 0 spiro atoms. The summed E-state index contributed by atoms with van der Waals surface area (Å²) in [5.41, 5.74) is 0. The molecule has 0 aromatic heterocycles. The Morgan fingerprint density at radius 3 is 1.80 bits per heavy atom. The quantitative estimate of drug-likeness (QED) is 0.616. The van der Waals surface area contributed by atoms with Crippen molar-refractivity contribution in [1.29, 1.82) is 5.26 Å². The van der Waals surface area contributed by atoms with Gasteiger partial charge in [-0.15, -0.1) is 0 Å². The molecule has 0 saturated carbocycles. The SMILES string of the molecule is CCCC#N.CC[SH](=O)=O. The zero-order chi connectivity index (χ0) is 8.41. The lowest BCUT2D eigenvalue weighted by Gasteiger charge is -1.65. The van der Waals surface area contributed by atoms with Gasteiger partial charge in [-0.1, -0.05) is 13.8 Å². The van der Waals surface area contributed by atoms with Crippen molar-refractivity contribution in [3.63, 3.8) is 0 Å². The molecule has 0 aromatic rings. The van der Waals surface area contributed by atoms with Crippen molar-refractivity contribution < 1.29 is 8.42 Å². The smallest absolute Gasteiger partial charge is 0.139 e. The minimum absolute atomic E-state index is 0.259. The Balaban J connectivity index is 0. The van der Waals surface area contributed by atoms with Gasteiger partial charge in [-0.2, -0.15) is 5.26 Å². The molecule has 0 aromatic carbocycles. The van der Waals surface area contributed by atoms with Crippen molar-refractivity contribution in [2.24, 2.45) is 0 Å². The molecule has 4 heteroatoms. The molecule has 0 aliphatic carbocycles. The molecule has 0 aliphatic rings. The van der Waals surface area contributed by atoms with Crippen LogP contribution in [0, 0.1) is 11.3 Å². The molecule has 0 N–H and O–H groups in total. The van der Waals surface area contributed by atoms with E-state index in [4.69, 9.17) is 5.26 Å². The fourth-order valence-corrected chi connectivity index (χ4v) is 0.112. The van der Waals surface area contributed by atoms with Gasteiger partial charge >= 0.3 is 0 Å². The van der Waals surface area contributed by atoms with E-state index in [2.05, 4.69) is 0 Å². The third kappa shape index (κ3) is 26.1. The molecule has 60 valence electrons. The van der Waals surface area contributed by atoms with Crippen LogP contribution in [0.15, 0.2) is 0 Å². The summed E-state index contributed by atoms with van der Waals surface area (Å²) in [6.07, 6.45) is 1.68. The normalized spacial score (nSPS) is 7.80. The van der Waals surface area contributed by atoms with E-state index in [9.17, 15) is 8.42 Å². The second kappa shape index (κ2) is 11.3. The van der Waals surface area contributed by atoms with E-state index < -0.39 is 10.7 Å². The number of rotatable bonds is 2. The summed E-state index contributed by atoms with van der Waals surface area (Å²) < 4.78 is 18.8. The molecule has 0 atom stereocenters. The Bertz CT molecular complexity index is 150. The van der Waals surface area contributed by atoms with Gasteiger partial charge in [-0.3, -0.25) is 0 Å². The van der Waals surface area contributed by atoms with Gasteiger partial charge in [0.05, 0.1) is 6.07 Å². The highest BCUT2D eigenvalue weighted by Gasteiger charge is 1.66. The maximum absolute atomic E-state index is 9.41. The Kier molecular flexibility index (Phi) is 13.7. The van der Waals surface area contributed by atoms with E-state index in [0.717, 1.165) is 6.42 Å². The van der Waals surface area contributed by atoms with Gasteiger partial charge in [-0.25, -0.2) is 8.42 Å². The van der Waals surface area contributed by atoms with Crippen molar-refractivity contribution in [3.05, 3.63) is 0 Å². The molecule has 0 unspecified atom stereocenters. The lowest BCUT2D eigenvalue weighted by Crippen LogP contribution is -1.73. The molecule has 10 heavy (non-hydrogen) atoms. The van der Waals surface area contributed by atoms with E-state index in [1.54, 1.807) is 6.92 Å². The fraction of sp³-hybridized carbons (Fsp3) is 0.833. The summed E-state index contributed by atoms with van der Waals surface area (Å²) >= 11 is 0. The van der Waals surface area contributed by atoms with Gasteiger partial charge < -0.3 is 0 Å². The maximum Gasteiger partial charge on any atom is 0.139 e. The number of nitriles is 1. The van der Waals surface area contributed by atoms with E-state index in [1.807, 2.05) is 13.0 Å². The van der Waals surface area contributed by atoms with Gasteiger partial charge in [0.2, 0.25) is 0 Å². The van der Waals surface area contributed by atoms with Crippen molar-refractivity contribution in [3.8, 4) is 6.07 Å². The highest BCUT2D eigenvalue weighted by Crippen LogP contribution is 1.77. The third-order valence-electron chi connectivity index (χ3n) is 0.620. The first kappa shape index (κ1) is 12.1. The lowest BCUT2D eigenvalue weighted by molar-refractivity contribution is 0.615. The molecular formula is C6H13NO2S. The van der Waals surface area contributed by atoms with Crippen molar-refractivity contribution in [1.82, 2.24) is 0 Å². The zero-order valence-electron chi connectivity index (χ0n) is 6.33. The van der Waals surface area contributed by atoms with Crippen LogP contribution in [0.25, 0.3) is 0 Å². The molecule has 0 aliphatic heterocycles. The maximum atomic E-state index is 9.41. The van der Waals surface area contributed by atoms with Crippen LogP contribution in [0.5, 0.6) is 0 Å². The van der Waals surface area contributed by atoms with Crippen molar-refractivity contribution in [2.45, 2.75) is 26.7 Å². The van der Waals surface area contributed by atoms with Gasteiger partial charge in [0.1, 0.15) is 10.7 Å². The van der Waals surface area contributed by atoms with E-state index >= 15 is 0 Å². The van der Waals surface area contributed by atoms with Crippen LogP contribution in [0.2, 0.25) is 0 Å². The second-order valence-electron chi connectivity index (χ2n) is 1.56. The number of thiol groups is 1. The summed E-state index contributed by atoms with van der Waals surface area (Å²) in [6.45, 7) is 3.59. The standard InChI is InChI=1S/C4H7N.C2H6O2S/c1-2-3-4-5;1-2-5(3)4/h2-3H2,1H3;5H,2H2,1H3. The number of unbranched alkanes of at least 4 members (excludes halogenated alkanes) is 1. The Morgan fingerprint density at radius 1 is 1.40 bits per heavy atom. The molecule has 0 rings (SSSR count). The van der Waals surface area contributed by atoms with Crippen LogP contribution in [0.4, 0.5) is 0 Å². The minimum Gasteiger partial charge on any atom is -0.232 e. The Labute approximate surface area is 63.6 Å². The number of hydrogen-bond donors (Lipinski definition) is 1. The van der Waals surface area contributed by atoms with E-state index in [-0.39, 0.29) is 5.75 Å². The topological polar surface area (TPSA) is 57.9 Å². The summed E-state index contributed by atoms with van der Waals surface area (Å²) in [7, 11) is -2.10. The molecule has 0 heterocycles. The van der Waals surface area contributed by atoms with Crippen molar-refractivity contribution in [2.75, 3.05) is 5.75 Å². The molecule has 0 saturated heterocycles. The molecule has 0 fully saturated rings. The highest BCUT2D eigenvalue weighted by atomic mass is 32.2. The summed E-state index contributed by atoms with van der Waals surface area (Å²) in [4.78, 5) is 0. The number of nitrogens with zero attached hydrogens (tertiary/aromatic N) is 1. The summed E-state index contributed by atoms with van der Waals surface area (Å²) in [6, 6.07) is 2.02. The van der Waals surface area contributed by atoms with Crippen LogP contribution in [0.3, 0.4) is 0 Å². The van der Waals surface area contributed by atoms with Crippen LogP contribution in [-0.2, 0) is 10.7 Å². The monoisotopic (exact) mass is 163 g/mol. The van der Waals surface area contributed by atoms with E-state index in [1.165, 1.54) is 0 Å². The first-order valence-electron chi connectivity index (χ1n) is 3.17. The van der Waals surface area contributed by atoms with Gasteiger partial charge in [0.15, 0.2) is 0 Å². The largest absolute Gasteiger partial charge is 0.232 e. The second-order valence-corrected chi connectivity index (χ2v) is 2.86.